The summed E-state index contributed by atoms with van der Waals surface area (Å²) < 4.78 is 12.6. The highest BCUT2D eigenvalue weighted by molar-refractivity contribution is 6.32. The van der Waals surface area contributed by atoms with Gasteiger partial charge in [0.1, 0.15) is 11.5 Å². The number of benzene rings is 2. The highest BCUT2D eigenvalue weighted by atomic mass is 35.5. The Hall–Kier alpha value is -4.04. The molecule has 1 unspecified atom stereocenters. The van der Waals surface area contributed by atoms with Crippen molar-refractivity contribution in [3.05, 3.63) is 95.3 Å². The average Bonchev–Trinajstić information content (AvgIpc) is 3.36. The molecule has 0 bridgehead atoms. The van der Waals surface area contributed by atoms with Crippen LogP contribution < -0.4 is 20.1 Å². The minimum Gasteiger partial charge on any atom is -0.495 e. The Morgan fingerprint density at radius 1 is 0.912 bits per heavy atom. The number of halogens is 1. The number of carbonyl (C=O) groups is 1. The number of nitrogens with zero attached hydrogens (tertiary/aromatic N) is 3. The molecule has 9 heteroatoms. The van der Waals surface area contributed by atoms with E-state index in [2.05, 4.69) is 20.6 Å². The quantitative estimate of drug-likeness (QED) is 0.365. The molecular weight excluding hydrogens is 454 g/mol. The van der Waals surface area contributed by atoms with E-state index in [4.69, 9.17) is 21.1 Å². The fourth-order valence-corrected chi connectivity index (χ4v) is 3.92. The van der Waals surface area contributed by atoms with Crippen molar-refractivity contribution < 1.29 is 14.3 Å². The predicted molar refractivity (Wildman–Crippen MR) is 132 cm³/mol. The van der Waals surface area contributed by atoms with E-state index in [-0.39, 0.29) is 6.04 Å². The lowest BCUT2D eigenvalue weighted by atomic mass is 9.97. The van der Waals surface area contributed by atoms with Gasteiger partial charge in [-0.3, -0.25) is 4.98 Å². The molecule has 0 saturated carbocycles. The Balaban J connectivity index is 1.62. The van der Waals surface area contributed by atoms with Gasteiger partial charge in [-0.25, -0.2) is 9.78 Å². The maximum Gasteiger partial charge on any atom is 0.323 e. The van der Waals surface area contributed by atoms with Crippen LogP contribution >= 0.6 is 11.6 Å². The lowest BCUT2D eigenvalue weighted by Gasteiger charge is -2.21. The third-order valence-electron chi connectivity index (χ3n) is 5.39. The summed E-state index contributed by atoms with van der Waals surface area (Å²) in [4.78, 5) is 21.2. The van der Waals surface area contributed by atoms with Gasteiger partial charge in [0.05, 0.1) is 37.3 Å². The van der Waals surface area contributed by atoms with Crippen molar-refractivity contribution in [2.24, 2.45) is 0 Å². The molecule has 34 heavy (non-hydrogen) atoms. The molecule has 2 aromatic carbocycles. The molecule has 0 aliphatic carbocycles. The summed E-state index contributed by atoms with van der Waals surface area (Å²) in [5.74, 6) is 0.884. The molecule has 0 aliphatic heterocycles. The molecule has 4 rings (SSSR count). The van der Waals surface area contributed by atoms with Gasteiger partial charge in [-0.05, 0) is 47.9 Å². The minimum atomic E-state index is -0.428. The van der Waals surface area contributed by atoms with E-state index in [1.54, 1.807) is 37.1 Å². The number of hydrogen-bond acceptors (Lipinski definition) is 5. The SMILES string of the molecule is COc1cc(OC)c(NC(=O)Nc2cc(C(c3ccncc3)n3ccnc3)ccc2C)cc1Cl. The van der Waals surface area contributed by atoms with Crippen molar-refractivity contribution >= 4 is 29.0 Å². The number of pyridine rings is 1. The van der Waals surface area contributed by atoms with Crippen LogP contribution in [0.25, 0.3) is 0 Å². The minimum absolute atomic E-state index is 0.129. The van der Waals surface area contributed by atoms with Gasteiger partial charge in [-0.1, -0.05) is 23.7 Å². The number of hydrogen-bond donors (Lipinski definition) is 2. The maximum absolute atomic E-state index is 12.9. The maximum atomic E-state index is 12.9. The second kappa shape index (κ2) is 10.3. The number of methoxy groups -OCH3 is 2. The van der Waals surface area contributed by atoms with Crippen molar-refractivity contribution in [3.8, 4) is 11.5 Å². The first-order chi connectivity index (χ1) is 16.5. The van der Waals surface area contributed by atoms with Gasteiger partial charge < -0.3 is 24.7 Å². The predicted octanol–water partition coefficient (Wildman–Crippen LogP) is 5.54. The number of carbonyl (C=O) groups excluding carboxylic acids is 1. The zero-order valence-electron chi connectivity index (χ0n) is 18.9. The van der Waals surface area contributed by atoms with Crippen LogP contribution in [-0.4, -0.2) is 34.8 Å². The summed E-state index contributed by atoms with van der Waals surface area (Å²) in [6.45, 7) is 1.93. The molecule has 2 amide bonds. The number of ether oxygens (including phenoxy) is 2. The van der Waals surface area contributed by atoms with Crippen LogP contribution in [-0.2, 0) is 0 Å². The van der Waals surface area contributed by atoms with Gasteiger partial charge in [-0.15, -0.1) is 0 Å². The number of imidazole rings is 1. The number of aryl methyl sites for hydroxylation is 1. The Morgan fingerprint density at radius 2 is 1.65 bits per heavy atom. The Bertz CT molecular complexity index is 1280. The zero-order valence-corrected chi connectivity index (χ0v) is 19.7. The number of urea groups is 1. The molecule has 2 aromatic heterocycles. The van der Waals surface area contributed by atoms with Gasteiger partial charge in [0.15, 0.2) is 0 Å². The summed E-state index contributed by atoms with van der Waals surface area (Å²) >= 11 is 6.23. The molecule has 2 heterocycles. The second-order valence-corrected chi connectivity index (χ2v) is 7.94. The lowest BCUT2D eigenvalue weighted by molar-refractivity contribution is 0.262. The Morgan fingerprint density at radius 3 is 2.32 bits per heavy atom. The number of anilines is 2. The molecule has 0 radical (unpaired) electrons. The largest absolute Gasteiger partial charge is 0.495 e. The lowest BCUT2D eigenvalue weighted by Crippen LogP contribution is -2.21. The van der Waals surface area contributed by atoms with Crippen LogP contribution in [0, 0.1) is 6.92 Å². The molecule has 1 atom stereocenters. The van der Waals surface area contributed by atoms with E-state index < -0.39 is 6.03 Å². The van der Waals surface area contributed by atoms with E-state index >= 15 is 0 Å². The van der Waals surface area contributed by atoms with Gasteiger partial charge in [0.2, 0.25) is 0 Å². The summed E-state index contributed by atoms with van der Waals surface area (Å²) in [6, 6.07) is 12.5. The van der Waals surface area contributed by atoms with Crippen LogP contribution in [0.15, 0.2) is 73.6 Å². The molecule has 0 saturated heterocycles. The van der Waals surface area contributed by atoms with Crippen molar-refractivity contribution in [1.82, 2.24) is 14.5 Å². The van der Waals surface area contributed by atoms with Crippen LogP contribution in [0.3, 0.4) is 0 Å². The second-order valence-electron chi connectivity index (χ2n) is 7.53. The van der Waals surface area contributed by atoms with Crippen molar-refractivity contribution in [2.45, 2.75) is 13.0 Å². The Kier molecular flexibility index (Phi) is 6.98. The van der Waals surface area contributed by atoms with Gasteiger partial charge >= 0.3 is 6.03 Å². The fraction of sp³-hybridized carbons (Fsp3) is 0.160. The monoisotopic (exact) mass is 477 g/mol. The van der Waals surface area contributed by atoms with Crippen molar-refractivity contribution in [1.29, 1.82) is 0 Å². The molecule has 4 aromatic rings. The van der Waals surface area contributed by atoms with Crippen molar-refractivity contribution in [2.75, 3.05) is 24.9 Å². The smallest absolute Gasteiger partial charge is 0.323 e. The molecule has 174 valence electrons. The first kappa shape index (κ1) is 23.1. The normalized spacial score (nSPS) is 11.5. The van der Waals surface area contributed by atoms with Gasteiger partial charge in [-0.2, -0.15) is 0 Å². The first-order valence-corrected chi connectivity index (χ1v) is 10.9. The third-order valence-corrected chi connectivity index (χ3v) is 5.69. The summed E-state index contributed by atoms with van der Waals surface area (Å²) in [6.07, 6.45) is 8.93. The summed E-state index contributed by atoms with van der Waals surface area (Å²) in [5, 5.41) is 6.09. The molecule has 8 nitrogen and oxygen atoms in total. The van der Waals surface area contributed by atoms with Crippen LogP contribution in [0.5, 0.6) is 11.5 Å². The molecule has 0 fully saturated rings. The summed E-state index contributed by atoms with van der Waals surface area (Å²) in [5.41, 5.74) is 4.04. The molecule has 0 aliphatic rings. The standard InChI is InChI=1S/C25H24ClN5O3/c1-16-4-5-18(24(31-11-10-28-15-31)17-6-8-27-9-7-17)12-20(16)29-25(32)30-21-13-19(26)22(33-2)14-23(21)34-3/h4-15,24H,1-3H3,(H2,29,30,32). The topological polar surface area (TPSA) is 90.3 Å². The number of aromatic nitrogens is 3. The molecular formula is C25H24ClN5O3. The highest BCUT2D eigenvalue weighted by Gasteiger charge is 2.18. The van der Waals surface area contributed by atoms with E-state index in [9.17, 15) is 4.79 Å². The van der Waals surface area contributed by atoms with Gasteiger partial charge in [0.25, 0.3) is 0 Å². The third kappa shape index (κ3) is 4.97. The van der Waals surface area contributed by atoms with E-state index in [0.717, 1.165) is 16.7 Å². The van der Waals surface area contributed by atoms with Crippen LogP contribution in [0.2, 0.25) is 5.02 Å². The zero-order chi connectivity index (χ0) is 24.1. The van der Waals surface area contributed by atoms with Crippen LogP contribution in [0.4, 0.5) is 16.2 Å². The van der Waals surface area contributed by atoms with Crippen LogP contribution in [0.1, 0.15) is 22.7 Å². The van der Waals surface area contributed by atoms with Crippen molar-refractivity contribution in [3.63, 3.8) is 0 Å². The van der Waals surface area contributed by atoms with Gasteiger partial charge in [0, 0.05) is 36.5 Å². The van der Waals surface area contributed by atoms with E-state index in [1.165, 1.54) is 14.2 Å². The number of rotatable bonds is 7. The summed E-state index contributed by atoms with van der Waals surface area (Å²) in [7, 11) is 3.02. The Labute approximate surface area is 202 Å². The average molecular weight is 478 g/mol. The number of amides is 2. The molecule has 0 spiro atoms. The van der Waals surface area contributed by atoms with E-state index in [1.807, 2.05) is 48.0 Å². The fourth-order valence-electron chi connectivity index (χ4n) is 3.68. The number of nitrogens with one attached hydrogen (secondary N) is 2. The molecule has 2 N–H and O–H groups in total. The first-order valence-electron chi connectivity index (χ1n) is 10.5. The highest BCUT2D eigenvalue weighted by Crippen LogP contribution is 2.36. The van der Waals surface area contributed by atoms with E-state index in [0.29, 0.717) is 27.9 Å².